The summed E-state index contributed by atoms with van der Waals surface area (Å²) in [5, 5.41) is 2.40. The molecule has 9 heavy (non-hydrogen) atoms. The number of carbonyl (C=O) groups excluding carboxylic acids is 1. The van der Waals surface area contributed by atoms with Crippen LogP contribution < -0.4 is 5.32 Å². The SMILES string of the molecule is CNC(=O)CS[P+](=O)S. The molecule has 0 aliphatic heterocycles. The molecular formula is C3H7NO2PS2+. The topological polar surface area (TPSA) is 46.2 Å². The van der Waals surface area contributed by atoms with Gasteiger partial charge in [0.25, 0.3) is 0 Å². The summed E-state index contributed by atoms with van der Waals surface area (Å²) in [5.74, 6) is 0.0901. The first-order valence-electron chi connectivity index (χ1n) is 2.16. The number of nitrogens with one attached hydrogen (secondary N) is 1. The van der Waals surface area contributed by atoms with Gasteiger partial charge in [-0.2, -0.15) is 0 Å². The third-order valence-corrected chi connectivity index (χ3v) is 3.29. The first-order valence-corrected chi connectivity index (χ1v) is 6.16. The van der Waals surface area contributed by atoms with Crippen molar-refractivity contribution in [2.24, 2.45) is 0 Å². The van der Waals surface area contributed by atoms with Gasteiger partial charge in [-0.3, -0.25) is 4.79 Å². The van der Waals surface area contributed by atoms with E-state index < -0.39 is 6.20 Å². The maximum atomic E-state index is 10.4. The van der Waals surface area contributed by atoms with Gasteiger partial charge in [0.1, 0.15) is 29.4 Å². The van der Waals surface area contributed by atoms with Crippen molar-refractivity contribution in [2.75, 3.05) is 12.8 Å². The molecule has 1 amide bonds. The highest BCUT2D eigenvalue weighted by molar-refractivity contribution is 8.79. The molecule has 52 valence electrons. The fourth-order valence-electron chi connectivity index (χ4n) is 0.186. The number of thiol groups is 1. The van der Waals surface area contributed by atoms with E-state index in [0.717, 1.165) is 11.4 Å². The standard InChI is InChI=1S/C3H6NO2PS2/c1-4-3(5)2-9-7(6)8/h2H2,1H3,(H-,4,5,6,8)/p+1. The quantitative estimate of drug-likeness (QED) is 0.509. The zero-order valence-corrected chi connectivity index (χ0v) is 7.43. The van der Waals surface area contributed by atoms with Gasteiger partial charge in [-0.1, -0.05) is 0 Å². The second kappa shape index (κ2) is 5.09. The van der Waals surface area contributed by atoms with Crippen LogP contribution in [0.25, 0.3) is 0 Å². The van der Waals surface area contributed by atoms with E-state index in [9.17, 15) is 9.36 Å². The van der Waals surface area contributed by atoms with Crippen LogP contribution >= 0.6 is 29.8 Å². The van der Waals surface area contributed by atoms with E-state index in [2.05, 4.69) is 17.6 Å². The van der Waals surface area contributed by atoms with Crippen molar-refractivity contribution < 1.29 is 9.36 Å². The summed E-state index contributed by atoms with van der Waals surface area (Å²) in [5.41, 5.74) is 0. The maximum Gasteiger partial charge on any atom is 0.480 e. The molecule has 0 heterocycles. The van der Waals surface area contributed by atoms with Crippen LogP contribution in [0.5, 0.6) is 0 Å². The summed E-state index contributed by atoms with van der Waals surface area (Å²) in [6.07, 6.45) is -1.54. The largest absolute Gasteiger partial charge is 0.480 e. The third kappa shape index (κ3) is 6.15. The lowest BCUT2D eigenvalue weighted by atomic mass is 10.7. The second-order valence-corrected chi connectivity index (χ2v) is 5.88. The zero-order valence-electron chi connectivity index (χ0n) is 4.83. The monoisotopic (exact) mass is 184 g/mol. The highest BCUT2D eigenvalue weighted by atomic mass is 33.1. The molecule has 0 saturated heterocycles. The molecule has 0 aromatic rings. The summed E-state index contributed by atoms with van der Waals surface area (Å²) < 4.78 is 10.3. The van der Waals surface area contributed by atoms with Gasteiger partial charge in [0, 0.05) is 7.05 Å². The molecule has 1 N–H and O–H groups in total. The molecule has 0 aromatic carbocycles. The molecule has 3 nitrogen and oxygen atoms in total. The molecule has 0 radical (unpaired) electrons. The Bertz CT molecular complexity index is 129. The van der Waals surface area contributed by atoms with E-state index in [4.69, 9.17) is 0 Å². The van der Waals surface area contributed by atoms with Crippen LogP contribution in [-0.4, -0.2) is 18.7 Å². The van der Waals surface area contributed by atoms with Gasteiger partial charge in [-0.05, 0) is 4.57 Å². The van der Waals surface area contributed by atoms with Crippen molar-refractivity contribution in [2.45, 2.75) is 0 Å². The Balaban J connectivity index is 3.28. The van der Waals surface area contributed by atoms with Crippen LogP contribution in [0.3, 0.4) is 0 Å². The Morgan fingerprint density at radius 3 is 2.78 bits per heavy atom. The molecule has 6 heteroatoms. The molecule has 1 unspecified atom stereocenters. The van der Waals surface area contributed by atoms with Crippen LogP contribution in [-0.2, 0) is 9.36 Å². The van der Waals surface area contributed by atoms with E-state index in [0.29, 0.717) is 0 Å². The van der Waals surface area contributed by atoms with Crippen molar-refractivity contribution in [3.8, 4) is 0 Å². The molecule has 0 aliphatic rings. The van der Waals surface area contributed by atoms with Gasteiger partial charge in [0.05, 0.1) is 0 Å². The highest BCUT2D eigenvalue weighted by Gasteiger charge is 2.12. The number of rotatable bonds is 3. The number of carbonyl (C=O) groups is 1. The van der Waals surface area contributed by atoms with E-state index in [1.807, 2.05) is 0 Å². The molecule has 0 saturated carbocycles. The lowest BCUT2D eigenvalue weighted by Crippen LogP contribution is -2.19. The Morgan fingerprint density at radius 1 is 1.89 bits per heavy atom. The molecule has 1 atom stereocenters. The lowest BCUT2D eigenvalue weighted by molar-refractivity contribution is -0.118. The summed E-state index contributed by atoms with van der Waals surface area (Å²) >= 11 is 4.63. The molecule has 0 aromatic heterocycles. The van der Waals surface area contributed by atoms with Gasteiger partial charge >= 0.3 is 6.20 Å². The summed E-state index contributed by atoms with van der Waals surface area (Å²) in [7, 11) is 1.54. The minimum Gasteiger partial charge on any atom is -0.358 e. The Labute approximate surface area is 63.7 Å². The van der Waals surface area contributed by atoms with E-state index in [1.54, 1.807) is 0 Å². The fourth-order valence-corrected chi connectivity index (χ4v) is 1.76. The lowest BCUT2D eigenvalue weighted by Gasteiger charge is -1.87. The third-order valence-electron chi connectivity index (χ3n) is 0.585. The predicted molar refractivity (Wildman–Crippen MR) is 43.1 cm³/mol. The highest BCUT2D eigenvalue weighted by Crippen LogP contribution is 2.41. The van der Waals surface area contributed by atoms with E-state index in [1.165, 1.54) is 7.05 Å². The van der Waals surface area contributed by atoms with Crippen LogP contribution in [0.4, 0.5) is 0 Å². The molecule has 0 fully saturated rings. The first kappa shape index (κ1) is 9.27. The maximum absolute atomic E-state index is 10.4. The van der Waals surface area contributed by atoms with Crippen LogP contribution in [0, 0.1) is 0 Å². The van der Waals surface area contributed by atoms with Gasteiger partial charge in [0.15, 0.2) is 0 Å². The predicted octanol–water partition coefficient (Wildman–Crippen LogP) is 1.05. The van der Waals surface area contributed by atoms with Crippen molar-refractivity contribution in [3.63, 3.8) is 0 Å². The van der Waals surface area contributed by atoms with Crippen molar-refractivity contribution in [1.29, 1.82) is 0 Å². The van der Waals surface area contributed by atoms with Gasteiger partial charge in [-0.15, -0.1) is 0 Å². The Morgan fingerprint density at radius 2 is 2.44 bits per heavy atom. The first-order chi connectivity index (χ1) is 4.16. The molecule has 0 bridgehead atoms. The van der Waals surface area contributed by atoms with Gasteiger partial charge < -0.3 is 5.32 Å². The van der Waals surface area contributed by atoms with E-state index in [-0.39, 0.29) is 11.7 Å². The number of amides is 1. The summed E-state index contributed by atoms with van der Waals surface area (Å²) in [4.78, 5) is 10.4. The van der Waals surface area contributed by atoms with Crippen LogP contribution in [0.15, 0.2) is 0 Å². The summed E-state index contributed by atoms with van der Waals surface area (Å²) in [6, 6.07) is 0. The molecule has 0 rings (SSSR count). The summed E-state index contributed by atoms with van der Waals surface area (Å²) in [6.45, 7) is 0. The zero-order chi connectivity index (χ0) is 7.28. The Kier molecular flexibility index (Phi) is 5.24. The Hall–Kier alpha value is 0.270. The smallest absolute Gasteiger partial charge is 0.358 e. The van der Waals surface area contributed by atoms with Crippen molar-refractivity contribution >= 4 is 35.7 Å². The van der Waals surface area contributed by atoms with Gasteiger partial charge in [-0.25, -0.2) is 0 Å². The van der Waals surface area contributed by atoms with Crippen molar-refractivity contribution in [3.05, 3.63) is 0 Å². The van der Waals surface area contributed by atoms with Crippen molar-refractivity contribution in [1.82, 2.24) is 5.32 Å². The minimum absolute atomic E-state index is 0.127. The van der Waals surface area contributed by atoms with Crippen LogP contribution in [0.1, 0.15) is 0 Å². The molecule has 0 aliphatic carbocycles. The average Bonchev–Trinajstić information content (AvgIpc) is 1.83. The second-order valence-electron chi connectivity index (χ2n) is 1.18. The molecule has 0 spiro atoms. The van der Waals surface area contributed by atoms with Gasteiger partial charge in [0.2, 0.25) is 5.91 Å². The normalized spacial score (nSPS) is 10.7. The fraction of sp³-hybridized carbons (Fsp3) is 0.667. The molecular weight excluding hydrogens is 177 g/mol. The average molecular weight is 184 g/mol. The van der Waals surface area contributed by atoms with Crippen LogP contribution in [0.2, 0.25) is 0 Å². The number of hydrogen-bond acceptors (Lipinski definition) is 3. The number of hydrogen-bond donors (Lipinski definition) is 2. The minimum atomic E-state index is -1.54. The van der Waals surface area contributed by atoms with E-state index >= 15 is 0 Å².